The van der Waals surface area contributed by atoms with Crippen molar-refractivity contribution >= 4 is 33.7 Å². The molecule has 3 heterocycles. The van der Waals surface area contributed by atoms with Crippen LogP contribution >= 0.6 is 15.9 Å². The predicted octanol–water partition coefficient (Wildman–Crippen LogP) is 3.15. The maximum atomic E-state index is 14.2. The number of halogens is 1. The van der Waals surface area contributed by atoms with Gasteiger partial charge in [-0.05, 0) is 18.4 Å². The average molecular weight is 603 g/mol. The summed E-state index contributed by atoms with van der Waals surface area (Å²) < 4.78 is 6.61. The van der Waals surface area contributed by atoms with Crippen LogP contribution in [0, 0.1) is 11.8 Å². The molecule has 3 saturated heterocycles. The number of carbonyl (C=O) groups excluding carboxylic acids is 3. The molecule has 39 heavy (non-hydrogen) atoms. The Labute approximate surface area is 239 Å². The lowest BCUT2D eigenvalue weighted by atomic mass is 9.70. The Hall–Kier alpha value is -2.49. The normalized spacial score (nSPS) is 28.8. The second-order valence-corrected chi connectivity index (χ2v) is 11.9. The molecule has 9 heteroatoms. The second-order valence-electron chi connectivity index (χ2n) is 10.7. The number of hydrogen-bond donors (Lipinski definition) is 1. The van der Waals surface area contributed by atoms with Crippen molar-refractivity contribution in [3.63, 3.8) is 0 Å². The number of rotatable bonds is 14. The van der Waals surface area contributed by atoms with Gasteiger partial charge in [0.2, 0.25) is 17.7 Å². The van der Waals surface area contributed by atoms with Gasteiger partial charge in [-0.15, -0.1) is 13.2 Å². The Bertz CT molecular complexity index is 1070. The molecule has 1 N–H and O–H groups in total. The van der Waals surface area contributed by atoms with Gasteiger partial charge in [-0.1, -0.05) is 78.2 Å². The highest BCUT2D eigenvalue weighted by Crippen LogP contribution is 2.60. The maximum absolute atomic E-state index is 14.2. The lowest BCUT2D eigenvalue weighted by molar-refractivity contribution is -0.149. The molecule has 3 aliphatic heterocycles. The van der Waals surface area contributed by atoms with E-state index in [4.69, 9.17) is 4.74 Å². The van der Waals surface area contributed by atoms with Crippen molar-refractivity contribution in [1.29, 1.82) is 0 Å². The summed E-state index contributed by atoms with van der Waals surface area (Å²) >= 11 is 3.73. The summed E-state index contributed by atoms with van der Waals surface area (Å²) in [4.78, 5) is 47.0. The summed E-state index contributed by atoms with van der Waals surface area (Å²) in [6.45, 7) is 11.1. The van der Waals surface area contributed by atoms with Gasteiger partial charge >= 0.3 is 0 Å². The third-order valence-corrected chi connectivity index (χ3v) is 9.06. The summed E-state index contributed by atoms with van der Waals surface area (Å²) in [6, 6.07) is 8.79. The third-order valence-electron chi connectivity index (χ3n) is 8.22. The number of benzene rings is 1. The molecule has 0 aliphatic carbocycles. The van der Waals surface area contributed by atoms with Crippen LogP contribution in [0.15, 0.2) is 55.6 Å². The Morgan fingerprint density at radius 2 is 1.85 bits per heavy atom. The van der Waals surface area contributed by atoms with Crippen LogP contribution in [0.5, 0.6) is 0 Å². The number of hydrogen-bond acceptors (Lipinski definition) is 5. The molecule has 3 fully saturated rings. The highest BCUT2D eigenvalue weighted by molar-refractivity contribution is 9.09. The average Bonchev–Trinajstić information content (AvgIpc) is 3.51. The molecule has 3 unspecified atom stereocenters. The van der Waals surface area contributed by atoms with Gasteiger partial charge in [0.05, 0.1) is 24.5 Å². The Kier molecular flexibility index (Phi) is 9.67. The first-order valence-corrected chi connectivity index (χ1v) is 14.8. The van der Waals surface area contributed by atoms with Crippen molar-refractivity contribution < 1.29 is 24.2 Å². The number of aliphatic hydroxyl groups excluding tert-OH is 1. The number of nitrogens with zero attached hydrogens (tertiary/aromatic N) is 3. The minimum atomic E-state index is -1.14. The fourth-order valence-electron chi connectivity index (χ4n) is 6.62. The summed E-state index contributed by atoms with van der Waals surface area (Å²) in [5.74, 6) is -2.24. The van der Waals surface area contributed by atoms with Gasteiger partial charge in [0, 0.05) is 37.6 Å². The number of alkyl halides is 1. The van der Waals surface area contributed by atoms with Crippen LogP contribution in [0.4, 0.5) is 0 Å². The topological polar surface area (TPSA) is 90.4 Å². The summed E-state index contributed by atoms with van der Waals surface area (Å²) in [5, 5.41) is 9.87. The van der Waals surface area contributed by atoms with Crippen molar-refractivity contribution in [3.8, 4) is 0 Å². The first kappa shape index (κ1) is 29.5. The van der Waals surface area contributed by atoms with Crippen LogP contribution in [0.1, 0.15) is 38.2 Å². The van der Waals surface area contributed by atoms with Crippen molar-refractivity contribution in [1.82, 2.24) is 14.7 Å². The Morgan fingerprint density at radius 1 is 1.15 bits per heavy atom. The molecule has 2 bridgehead atoms. The van der Waals surface area contributed by atoms with Crippen LogP contribution in [0.25, 0.3) is 0 Å². The number of β-amino-alcohol motifs (C(OH)–C–C–N with tert-alkyl or cyclic N) is 1. The second kappa shape index (κ2) is 12.8. The van der Waals surface area contributed by atoms with Gasteiger partial charge in [-0.3, -0.25) is 14.4 Å². The van der Waals surface area contributed by atoms with Gasteiger partial charge in [-0.2, -0.15) is 0 Å². The van der Waals surface area contributed by atoms with E-state index >= 15 is 0 Å². The van der Waals surface area contributed by atoms with Crippen molar-refractivity contribution in [2.24, 2.45) is 11.8 Å². The Balaban J connectivity index is 1.69. The number of likely N-dealkylation sites (tertiary alicyclic amines) is 1. The molecule has 6 atom stereocenters. The monoisotopic (exact) mass is 601 g/mol. The van der Waals surface area contributed by atoms with Crippen molar-refractivity contribution in [2.45, 2.75) is 61.7 Å². The van der Waals surface area contributed by atoms with Gasteiger partial charge in [-0.25, -0.2) is 0 Å². The van der Waals surface area contributed by atoms with E-state index in [1.54, 1.807) is 22.0 Å². The molecule has 4 rings (SSSR count). The van der Waals surface area contributed by atoms with Crippen LogP contribution in [-0.2, 0) is 25.7 Å². The fourth-order valence-corrected chi connectivity index (χ4v) is 7.56. The molecule has 0 saturated carbocycles. The molecule has 3 amide bonds. The van der Waals surface area contributed by atoms with Crippen molar-refractivity contribution in [2.75, 3.05) is 32.8 Å². The van der Waals surface area contributed by atoms with Gasteiger partial charge in [0.25, 0.3) is 0 Å². The summed E-state index contributed by atoms with van der Waals surface area (Å²) in [6.07, 6.45) is 6.12. The van der Waals surface area contributed by atoms with Gasteiger partial charge < -0.3 is 24.5 Å². The number of unbranched alkanes of at least 4 members (excludes halogenated alkanes) is 2. The minimum absolute atomic E-state index is 0.00660. The highest BCUT2D eigenvalue weighted by atomic mass is 79.9. The number of ether oxygens (including phenoxy) is 1. The molecular formula is C30H40BrN3O5. The van der Waals surface area contributed by atoms with E-state index in [1.807, 2.05) is 30.3 Å². The van der Waals surface area contributed by atoms with E-state index in [2.05, 4.69) is 36.0 Å². The third kappa shape index (κ3) is 5.45. The predicted molar refractivity (Wildman–Crippen MR) is 153 cm³/mol. The van der Waals surface area contributed by atoms with E-state index in [1.165, 1.54) is 4.90 Å². The molecule has 3 aliphatic rings. The van der Waals surface area contributed by atoms with Crippen LogP contribution < -0.4 is 0 Å². The smallest absolute Gasteiger partial charge is 0.248 e. The zero-order valence-corrected chi connectivity index (χ0v) is 24.3. The molecule has 1 aromatic rings. The van der Waals surface area contributed by atoms with E-state index in [0.717, 1.165) is 24.8 Å². The van der Waals surface area contributed by atoms with E-state index in [9.17, 15) is 19.5 Å². The zero-order chi connectivity index (χ0) is 28.2. The number of aliphatic hydroxyl groups is 1. The quantitative estimate of drug-likeness (QED) is 0.201. The number of carbonyl (C=O) groups is 3. The Morgan fingerprint density at radius 3 is 2.49 bits per heavy atom. The highest BCUT2D eigenvalue weighted by Gasteiger charge is 2.76. The summed E-state index contributed by atoms with van der Waals surface area (Å²) in [7, 11) is 0. The van der Waals surface area contributed by atoms with Gasteiger partial charge in [0.15, 0.2) is 0 Å². The zero-order valence-electron chi connectivity index (χ0n) is 22.7. The van der Waals surface area contributed by atoms with Crippen LogP contribution in [-0.4, -0.2) is 92.9 Å². The first-order valence-electron chi connectivity index (χ1n) is 13.9. The van der Waals surface area contributed by atoms with E-state index in [-0.39, 0.29) is 35.7 Å². The molecule has 0 aromatic heterocycles. The van der Waals surface area contributed by atoms with E-state index in [0.29, 0.717) is 32.6 Å². The van der Waals surface area contributed by atoms with Crippen molar-refractivity contribution in [3.05, 3.63) is 61.2 Å². The lowest BCUT2D eigenvalue weighted by Crippen LogP contribution is -2.57. The SMILES string of the molecule is C=CCN(CCCCC)C(=O)C1N(CCO)C(=O)[C@@H]2[C@@H](C(=O)N(CC=C)Cc3ccccc3)[C@@H]3OC12CC3Br. The standard InChI is InChI=1S/C30H40BrN3O5/c1-4-7-11-16-32(14-5-2)29(38)26-30-19-22(31)25(39-30)23(24(30)28(37)34(26)17-18-35)27(36)33(15-6-3)20-21-12-9-8-10-13-21/h5-6,8-10,12-13,22-26,35H,2-4,7,11,14-20H2,1H3/t22?,23-,24+,25-,26?,30?/m1/s1. The molecule has 8 nitrogen and oxygen atoms in total. The fraction of sp³-hybridized carbons (Fsp3) is 0.567. The molecule has 1 spiro atoms. The molecule has 212 valence electrons. The molecular weight excluding hydrogens is 562 g/mol. The maximum Gasteiger partial charge on any atom is 0.248 e. The molecule has 1 aromatic carbocycles. The minimum Gasteiger partial charge on any atom is -0.395 e. The van der Waals surface area contributed by atoms with Crippen LogP contribution in [0.3, 0.4) is 0 Å². The summed E-state index contributed by atoms with van der Waals surface area (Å²) in [5.41, 5.74) is -0.166. The van der Waals surface area contributed by atoms with Gasteiger partial charge in [0.1, 0.15) is 11.6 Å². The largest absolute Gasteiger partial charge is 0.395 e. The number of fused-ring (bicyclic) bond motifs is 1. The van der Waals surface area contributed by atoms with E-state index < -0.39 is 29.6 Å². The number of amides is 3. The lowest BCUT2D eigenvalue weighted by Gasteiger charge is -2.37. The van der Waals surface area contributed by atoms with Crippen LogP contribution in [0.2, 0.25) is 0 Å². The molecule has 0 radical (unpaired) electrons. The first-order chi connectivity index (χ1) is 18.8.